The Labute approximate surface area is 82.4 Å². The van der Waals surface area contributed by atoms with E-state index < -0.39 is 35.5 Å². The Bertz CT molecular complexity index is 498. The number of sulfone groups is 2. The van der Waals surface area contributed by atoms with Gasteiger partial charge < -0.3 is 5.73 Å². The number of rotatable bonds is 3. The molecular weight excluding hydrogens is 228 g/mol. The van der Waals surface area contributed by atoms with E-state index in [-0.39, 0.29) is 5.75 Å². The second kappa shape index (κ2) is 3.35. The third kappa shape index (κ3) is 1.95. The van der Waals surface area contributed by atoms with E-state index in [4.69, 9.17) is 5.73 Å². The lowest BCUT2D eigenvalue weighted by atomic mass is 10.8. The molecule has 0 aliphatic carbocycles. The van der Waals surface area contributed by atoms with Crippen molar-refractivity contribution in [1.29, 1.82) is 0 Å². The molecule has 0 radical (unpaired) electrons. The SMILES string of the molecule is CCS(=O)(=O)CC1=NC=C(N)S1(=O)=O. The van der Waals surface area contributed by atoms with Gasteiger partial charge in [0.15, 0.2) is 19.9 Å². The fourth-order valence-electron chi connectivity index (χ4n) is 0.815. The van der Waals surface area contributed by atoms with Gasteiger partial charge in [-0.25, -0.2) is 21.8 Å². The van der Waals surface area contributed by atoms with Crippen LogP contribution in [-0.4, -0.2) is 33.4 Å². The standard InChI is InChI=1S/C6H10N2O4S2/c1-2-13(9,10)4-6-8-3-5(7)14(6,11)12/h3H,2,4,7H2,1H3. The van der Waals surface area contributed by atoms with E-state index in [1.54, 1.807) is 0 Å². The number of nitrogens with zero attached hydrogens (tertiary/aromatic N) is 1. The fourth-order valence-corrected chi connectivity index (χ4v) is 3.28. The zero-order valence-electron chi connectivity index (χ0n) is 7.47. The highest BCUT2D eigenvalue weighted by Gasteiger charge is 2.30. The average molecular weight is 238 g/mol. The summed E-state index contributed by atoms with van der Waals surface area (Å²) in [6.07, 6.45) is 0.954. The lowest BCUT2D eigenvalue weighted by Gasteiger charge is -2.01. The quantitative estimate of drug-likeness (QED) is 0.679. The van der Waals surface area contributed by atoms with E-state index in [9.17, 15) is 16.8 Å². The van der Waals surface area contributed by atoms with Crippen molar-refractivity contribution in [2.24, 2.45) is 10.7 Å². The molecule has 1 aliphatic rings. The minimum atomic E-state index is -3.80. The van der Waals surface area contributed by atoms with Gasteiger partial charge >= 0.3 is 0 Å². The Morgan fingerprint density at radius 2 is 2.07 bits per heavy atom. The van der Waals surface area contributed by atoms with Crippen LogP contribution in [0, 0.1) is 0 Å². The predicted molar refractivity (Wildman–Crippen MR) is 53.0 cm³/mol. The van der Waals surface area contributed by atoms with Gasteiger partial charge in [0.05, 0.1) is 6.20 Å². The normalized spacial score (nSPS) is 20.4. The Morgan fingerprint density at radius 1 is 1.50 bits per heavy atom. The minimum Gasteiger partial charge on any atom is -0.388 e. The molecule has 0 saturated heterocycles. The second-order valence-corrected chi connectivity index (χ2v) is 7.04. The van der Waals surface area contributed by atoms with Crippen LogP contribution in [0.4, 0.5) is 0 Å². The molecule has 1 rings (SSSR count). The van der Waals surface area contributed by atoms with E-state index in [2.05, 4.69) is 4.99 Å². The van der Waals surface area contributed by atoms with Crippen LogP contribution in [0.1, 0.15) is 6.92 Å². The Balaban J connectivity index is 2.99. The molecule has 0 fully saturated rings. The van der Waals surface area contributed by atoms with Crippen molar-refractivity contribution in [3.63, 3.8) is 0 Å². The highest BCUT2D eigenvalue weighted by Crippen LogP contribution is 2.13. The number of nitrogens with two attached hydrogens (primary N) is 1. The van der Waals surface area contributed by atoms with Gasteiger partial charge in [0.2, 0.25) is 9.84 Å². The molecule has 0 unspecified atom stereocenters. The summed E-state index contributed by atoms with van der Waals surface area (Å²) < 4.78 is 44.9. The first kappa shape index (κ1) is 11.2. The summed E-state index contributed by atoms with van der Waals surface area (Å²) in [7, 11) is -7.20. The van der Waals surface area contributed by atoms with Crippen molar-refractivity contribution >= 4 is 24.7 Å². The number of hydrogen-bond acceptors (Lipinski definition) is 6. The Kier molecular flexibility index (Phi) is 2.68. The lowest BCUT2D eigenvalue weighted by Crippen LogP contribution is -2.25. The van der Waals surface area contributed by atoms with Crippen molar-refractivity contribution in [1.82, 2.24) is 0 Å². The van der Waals surface area contributed by atoms with Crippen LogP contribution < -0.4 is 5.73 Å². The molecule has 80 valence electrons. The maximum atomic E-state index is 11.3. The van der Waals surface area contributed by atoms with E-state index in [0.29, 0.717) is 0 Å². The summed E-state index contributed by atoms with van der Waals surface area (Å²) in [4.78, 5) is 3.47. The summed E-state index contributed by atoms with van der Waals surface area (Å²) in [5.74, 6) is -0.704. The fraction of sp³-hybridized carbons (Fsp3) is 0.500. The smallest absolute Gasteiger partial charge is 0.237 e. The molecule has 6 nitrogen and oxygen atoms in total. The van der Waals surface area contributed by atoms with Gasteiger partial charge in [0.1, 0.15) is 5.75 Å². The molecule has 0 spiro atoms. The van der Waals surface area contributed by atoms with Crippen molar-refractivity contribution < 1.29 is 16.8 Å². The molecule has 0 amide bonds. The second-order valence-electron chi connectivity index (χ2n) is 2.73. The van der Waals surface area contributed by atoms with Crippen LogP contribution in [0.25, 0.3) is 0 Å². The van der Waals surface area contributed by atoms with Crippen LogP contribution in [0.2, 0.25) is 0 Å². The molecule has 8 heteroatoms. The zero-order chi connectivity index (χ0) is 11.0. The highest BCUT2D eigenvalue weighted by atomic mass is 32.2. The van der Waals surface area contributed by atoms with Crippen molar-refractivity contribution in [3.05, 3.63) is 11.2 Å². The molecular formula is C6H10N2O4S2. The first-order valence-electron chi connectivity index (χ1n) is 3.77. The predicted octanol–water partition coefficient (Wildman–Crippen LogP) is -0.994. The molecule has 14 heavy (non-hydrogen) atoms. The van der Waals surface area contributed by atoms with Gasteiger partial charge in [0.25, 0.3) is 0 Å². The molecule has 0 bridgehead atoms. The van der Waals surface area contributed by atoms with Crippen LogP contribution in [0.15, 0.2) is 16.2 Å². The van der Waals surface area contributed by atoms with E-state index >= 15 is 0 Å². The van der Waals surface area contributed by atoms with Crippen molar-refractivity contribution in [2.75, 3.05) is 11.5 Å². The highest BCUT2D eigenvalue weighted by molar-refractivity contribution is 8.11. The molecule has 1 aliphatic heterocycles. The Hall–Kier alpha value is -0.890. The maximum absolute atomic E-state index is 11.3. The molecule has 0 aromatic carbocycles. The van der Waals surface area contributed by atoms with Crippen LogP contribution in [0.3, 0.4) is 0 Å². The molecule has 0 aromatic heterocycles. The van der Waals surface area contributed by atoms with Gasteiger partial charge in [-0.1, -0.05) is 6.92 Å². The monoisotopic (exact) mass is 238 g/mol. The molecule has 1 heterocycles. The third-order valence-corrected chi connectivity index (χ3v) is 5.11. The summed E-state index contributed by atoms with van der Waals surface area (Å²) in [6.45, 7) is 1.44. The number of hydrogen-bond donors (Lipinski definition) is 1. The van der Waals surface area contributed by atoms with E-state index in [1.807, 2.05) is 0 Å². The minimum absolute atomic E-state index is 0.124. The molecule has 2 N–H and O–H groups in total. The summed E-state index contributed by atoms with van der Waals surface area (Å²) >= 11 is 0. The summed E-state index contributed by atoms with van der Waals surface area (Å²) in [6, 6.07) is 0. The molecule has 0 saturated carbocycles. The van der Waals surface area contributed by atoms with Gasteiger partial charge in [-0.2, -0.15) is 0 Å². The molecule has 0 aromatic rings. The largest absolute Gasteiger partial charge is 0.388 e. The lowest BCUT2D eigenvalue weighted by molar-refractivity contribution is 0.599. The van der Waals surface area contributed by atoms with Crippen LogP contribution in [0.5, 0.6) is 0 Å². The van der Waals surface area contributed by atoms with E-state index in [1.165, 1.54) is 6.92 Å². The average Bonchev–Trinajstić information content (AvgIpc) is 2.32. The first-order valence-corrected chi connectivity index (χ1v) is 7.08. The zero-order valence-corrected chi connectivity index (χ0v) is 9.10. The molecule has 0 atom stereocenters. The van der Waals surface area contributed by atoms with Crippen LogP contribution >= 0.6 is 0 Å². The topological polar surface area (TPSA) is 107 Å². The Morgan fingerprint density at radius 3 is 2.43 bits per heavy atom. The summed E-state index contributed by atoms with van der Waals surface area (Å²) in [5, 5.41) is -0.796. The van der Waals surface area contributed by atoms with Gasteiger partial charge in [-0.05, 0) is 0 Å². The maximum Gasteiger partial charge on any atom is 0.237 e. The van der Waals surface area contributed by atoms with Crippen molar-refractivity contribution in [3.8, 4) is 0 Å². The third-order valence-electron chi connectivity index (χ3n) is 1.74. The number of aliphatic imine (C=N–C) groups is 1. The van der Waals surface area contributed by atoms with Gasteiger partial charge in [-0.15, -0.1) is 0 Å². The van der Waals surface area contributed by atoms with Crippen molar-refractivity contribution in [2.45, 2.75) is 6.92 Å². The first-order chi connectivity index (χ1) is 6.29. The van der Waals surface area contributed by atoms with Gasteiger partial charge in [0, 0.05) is 5.75 Å². The summed E-state index contributed by atoms with van der Waals surface area (Å²) in [5.41, 5.74) is 5.13. The van der Waals surface area contributed by atoms with E-state index in [0.717, 1.165) is 6.20 Å². The van der Waals surface area contributed by atoms with Crippen LogP contribution in [-0.2, 0) is 19.7 Å². The van der Waals surface area contributed by atoms with Gasteiger partial charge in [-0.3, -0.25) is 0 Å².